The molecule has 1 fully saturated rings. The summed E-state index contributed by atoms with van der Waals surface area (Å²) in [5.74, 6) is -0.518. The molecule has 30 heavy (non-hydrogen) atoms. The third-order valence-electron chi connectivity index (χ3n) is 5.41. The van der Waals surface area contributed by atoms with Crippen molar-refractivity contribution in [1.82, 2.24) is 19.4 Å². The zero-order valence-electron chi connectivity index (χ0n) is 16.6. The predicted octanol–water partition coefficient (Wildman–Crippen LogP) is 2.93. The largest absolute Gasteiger partial charge is 0.368 e. The maximum atomic E-state index is 14.5. The summed E-state index contributed by atoms with van der Waals surface area (Å²) in [7, 11) is 1.61. The first kappa shape index (κ1) is 19.8. The predicted molar refractivity (Wildman–Crippen MR) is 111 cm³/mol. The summed E-state index contributed by atoms with van der Waals surface area (Å²) >= 11 is 0. The van der Waals surface area contributed by atoms with Gasteiger partial charge in [0.05, 0.1) is 17.3 Å². The third kappa shape index (κ3) is 3.68. The van der Waals surface area contributed by atoms with Gasteiger partial charge in [0.2, 0.25) is 11.5 Å². The Morgan fingerprint density at radius 2 is 1.97 bits per heavy atom. The van der Waals surface area contributed by atoms with Crippen molar-refractivity contribution in [1.29, 1.82) is 0 Å². The lowest BCUT2D eigenvalue weighted by Gasteiger charge is -2.36. The lowest BCUT2D eigenvalue weighted by Crippen LogP contribution is -2.39. The number of aryl methyl sites for hydroxylation is 1. The number of hydrogen-bond donors (Lipinski definition) is 1. The van der Waals surface area contributed by atoms with Gasteiger partial charge >= 0.3 is 0 Å². The number of hydrogen-bond acceptors (Lipinski definition) is 5. The molecule has 1 saturated heterocycles. The standard InChI is InChI=1S/C22H22FN5O2/c1-27-13-14(9-10-19(27)29)21(30)28-11-5-4-8-18(28)20-16(12-25-22(24)26-20)15-6-2-3-7-17(15)23/h2-3,6-7,9-10,12-13,18H,4-5,8,11H2,1H3,(H2,24,25,26)/t18-/m1/s1. The number of carbonyl (C=O) groups is 1. The Labute approximate surface area is 173 Å². The van der Waals surface area contributed by atoms with E-state index in [9.17, 15) is 14.0 Å². The highest BCUT2D eigenvalue weighted by Crippen LogP contribution is 2.37. The van der Waals surface area contributed by atoms with Gasteiger partial charge in [0, 0.05) is 43.2 Å². The minimum absolute atomic E-state index is 0.0742. The fourth-order valence-electron chi connectivity index (χ4n) is 3.90. The first-order valence-electron chi connectivity index (χ1n) is 9.80. The van der Waals surface area contributed by atoms with E-state index in [1.165, 1.54) is 35.2 Å². The van der Waals surface area contributed by atoms with Gasteiger partial charge in [-0.05, 0) is 31.4 Å². The van der Waals surface area contributed by atoms with Crippen molar-refractivity contribution in [2.75, 3.05) is 12.3 Å². The Bertz CT molecular complexity index is 1160. The van der Waals surface area contributed by atoms with E-state index in [0.717, 1.165) is 12.8 Å². The normalized spacial score (nSPS) is 16.5. The van der Waals surface area contributed by atoms with Crippen LogP contribution in [0.25, 0.3) is 11.1 Å². The number of piperidine rings is 1. The number of anilines is 1. The lowest BCUT2D eigenvalue weighted by molar-refractivity contribution is 0.0606. The van der Waals surface area contributed by atoms with Crippen LogP contribution in [0.15, 0.2) is 53.6 Å². The number of aromatic nitrogens is 3. The highest BCUT2D eigenvalue weighted by Gasteiger charge is 2.32. The van der Waals surface area contributed by atoms with Crippen LogP contribution in [0.4, 0.5) is 10.3 Å². The molecule has 3 aromatic rings. The SMILES string of the molecule is Cn1cc(C(=O)N2CCCC[C@@H]2c2nc(N)ncc2-c2ccccc2F)ccc1=O. The van der Waals surface area contributed by atoms with E-state index in [2.05, 4.69) is 9.97 Å². The molecule has 0 aliphatic carbocycles. The van der Waals surface area contributed by atoms with Gasteiger partial charge in [-0.2, -0.15) is 0 Å². The minimum atomic E-state index is -0.390. The van der Waals surface area contributed by atoms with Gasteiger partial charge in [-0.3, -0.25) is 9.59 Å². The van der Waals surface area contributed by atoms with Gasteiger partial charge in [0.25, 0.3) is 5.91 Å². The molecule has 0 radical (unpaired) electrons. The Hall–Kier alpha value is -3.55. The van der Waals surface area contributed by atoms with Crippen molar-refractivity contribution in [3.63, 3.8) is 0 Å². The molecular weight excluding hydrogens is 385 g/mol. The second-order valence-electron chi connectivity index (χ2n) is 7.38. The molecule has 4 rings (SSSR count). The number of pyridine rings is 1. The Balaban J connectivity index is 1.79. The maximum absolute atomic E-state index is 14.5. The molecule has 7 nitrogen and oxygen atoms in total. The fraction of sp³-hybridized carbons (Fsp3) is 0.273. The molecule has 3 heterocycles. The minimum Gasteiger partial charge on any atom is -0.368 e. The van der Waals surface area contributed by atoms with Crippen LogP contribution < -0.4 is 11.3 Å². The summed E-state index contributed by atoms with van der Waals surface area (Å²) in [6, 6.07) is 8.93. The first-order chi connectivity index (χ1) is 14.5. The number of nitrogens with two attached hydrogens (primary N) is 1. The molecular formula is C22H22FN5O2. The van der Waals surface area contributed by atoms with Crippen molar-refractivity contribution >= 4 is 11.9 Å². The molecule has 0 bridgehead atoms. The monoisotopic (exact) mass is 407 g/mol. The zero-order valence-corrected chi connectivity index (χ0v) is 16.6. The second kappa shape index (κ2) is 8.06. The van der Waals surface area contributed by atoms with Gasteiger partial charge in [-0.25, -0.2) is 14.4 Å². The quantitative estimate of drug-likeness (QED) is 0.720. The van der Waals surface area contributed by atoms with E-state index < -0.39 is 0 Å². The number of halogens is 1. The highest BCUT2D eigenvalue weighted by atomic mass is 19.1. The first-order valence-corrected chi connectivity index (χ1v) is 9.80. The van der Waals surface area contributed by atoms with E-state index in [4.69, 9.17) is 5.73 Å². The number of nitrogen functional groups attached to an aromatic ring is 1. The van der Waals surface area contributed by atoms with Crippen molar-refractivity contribution < 1.29 is 9.18 Å². The van der Waals surface area contributed by atoms with E-state index in [1.54, 1.807) is 30.1 Å². The van der Waals surface area contributed by atoms with E-state index in [-0.39, 0.29) is 29.3 Å². The summed E-state index contributed by atoms with van der Waals surface area (Å²) in [6.45, 7) is 0.535. The number of nitrogens with zero attached hydrogens (tertiary/aromatic N) is 4. The molecule has 8 heteroatoms. The molecule has 1 aliphatic heterocycles. The summed E-state index contributed by atoms with van der Waals surface area (Å²) in [4.78, 5) is 35.2. The number of rotatable bonds is 3. The van der Waals surface area contributed by atoms with Crippen LogP contribution in [0.5, 0.6) is 0 Å². The molecule has 1 aliphatic rings. The van der Waals surface area contributed by atoms with E-state index in [1.807, 2.05) is 0 Å². The Morgan fingerprint density at radius 3 is 2.73 bits per heavy atom. The van der Waals surface area contributed by atoms with Gasteiger partial charge in [0.15, 0.2) is 0 Å². The summed E-state index contributed by atoms with van der Waals surface area (Å²) < 4.78 is 15.9. The zero-order chi connectivity index (χ0) is 21.3. The van der Waals surface area contributed by atoms with Crippen LogP contribution in [0.2, 0.25) is 0 Å². The van der Waals surface area contributed by atoms with Crippen molar-refractivity contribution in [3.8, 4) is 11.1 Å². The van der Waals surface area contributed by atoms with Gasteiger partial charge in [-0.1, -0.05) is 18.2 Å². The maximum Gasteiger partial charge on any atom is 0.255 e. The third-order valence-corrected chi connectivity index (χ3v) is 5.41. The van der Waals surface area contributed by atoms with Crippen LogP contribution in [0.3, 0.4) is 0 Å². The lowest BCUT2D eigenvalue weighted by atomic mass is 9.93. The smallest absolute Gasteiger partial charge is 0.255 e. The Morgan fingerprint density at radius 1 is 1.17 bits per heavy atom. The van der Waals surface area contributed by atoms with E-state index >= 15 is 0 Å². The van der Waals surface area contributed by atoms with Crippen molar-refractivity contribution in [2.24, 2.45) is 7.05 Å². The fourth-order valence-corrected chi connectivity index (χ4v) is 3.90. The summed E-state index contributed by atoms with van der Waals surface area (Å²) in [6.07, 6.45) is 5.48. The van der Waals surface area contributed by atoms with Gasteiger partial charge < -0.3 is 15.2 Å². The summed E-state index contributed by atoms with van der Waals surface area (Å²) in [5.41, 5.74) is 7.51. The molecule has 1 amide bonds. The number of likely N-dealkylation sites (tertiary alicyclic amines) is 1. The molecule has 2 N–H and O–H groups in total. The molecule has 0 unspecified atom stereocenters. The van der Waals surface area contributed by atoms with E-state index in [0.29, 0.717) is 35.3 Å². The topological polar surface area (TPSA) is 94.1 Å². The van der Waals surface area contributed by atoms with Crippen molar-refractivity contribution in [2.45, 2.75) is 25.3 Å². The molecule has 0 spiro atoms. The van der Waals surface area contributed by atoms with Crippen LogP contribution in [0.1, 0.15) is 41.4 Å². The molecule has 154 valence electrons. The average Bonchev–Trinajstić information content (AvgIpc) is 2.76. The average molecular weight is 407 g/mol. The Kier molecular flexibility index (Phi) is 5.31. The molecule has 1 atom stereocenters. The second-order valence-corrected chi connectivity index (χ2v) is 7.38. The van der Waals surface area contributed by atoms with Crippen LogP contribution in [-0.4, -0.2) is 31.9 Å². The number of carbonyl (C=O) groups excluding carboxylic acids is 1. The number of amides is 1. The van der Waals surface area contributed by atoms with Crippen LogP contribution in [-0.2, 0) is 7.05 Å². The number of benzene rings is 1. The van der Waals surface area contributed by atoms with Crippen LogP contribution >= 0.6 is 0 Å². The highest BCUT2D eigenvalue weighted by molar-refractivity contribution is 5.94. The summed E-state index contributed by atoms with van der Waals surface area (Å²) in [5, 5.41) is 0. The van der Waals surface area contributed by atoms with Crippen LogP contribution in [0, 0.1) is 5.82 Å². The van der Waals surface area contributed by atoms with Gasteiger partial charge in [-0.15, -0.1) is 0 Å². The van der Waals surface area contributed by atoms with Crippen molar-refractivity contribution in [3.05, 3.63) is 76.2 Å². The molecule has 1 aromatic carbocycles. The molecule has 2 aromatic heterocycles. The van der Waals surface area contributed by atoms with Gasteiger partial charge in [0.1, 0.15) is 5.82 Å². The molecule has 0 saturated carbocycles.